The third-order valence-corrected chi connectivity index (χ3v) is 11.1. The van der Waals surface area contributed by atoms with E-state index in [1.165, 1.54) is 9.58 Å². The molecule has 1 aliphatic rings. The Morgan fingerprint density at radius 3 is 2.36 bits per heavy atom. The van der Waals surface area contributed by atoms with Crippen LogP contribution < -0.4 is 9.64 Å². The monoisotopic (exact) mass is 712 g/mol. The molecular weight excluding hydrogens is 675 g/mol. The summed E-state index contributed by atoms with van der Waals surface area (Å²) in [5.41, 5.74) is 8.13. The van der Waals surface area contributed by atoms with Crippen molar-refractivity contribution in [2.45, 2.75) is 59.0 Å². The first-order valence-electron chi connectivity index (χ1n) is 16.5. The fourth-order valence-electron chi connectivity index (χ4n) is 7.60. The first-order valence-corrected chi connectivity index (χ1v) is 17.4. The van der Waals surface area contributed by atoms with Crippen LogP contribution in [0.1, 0.15) is 68.4 Å². The van der Waals surface area contributed by atoms with Crippen LogP contribution in [0.5, 0.6) is 5.75 Å². The molecule has 258 valence electrons. The van der Waals surface area contributed by atoms with Crippen molar-refractivity contribution in [3.05, 3.63) is 93.0 Å². The maximum absolute atomic E-state index is 15.0. The second-order valence-corrected chi connectivity index (χ2v) is 14.0. The Kier molecular flexibility index (Phi) is 8.43. The number of carbonyl (C=O) groups is 2. The Morgan fingerprint density at radius 2 is 1.70 bits per heavy atom. The van der Waals surface area contributed by atoms with Gasteiger partial charge in [-0.3, -0.25) is 19.1 Å². The standard InChI is InChI=1S/C38H38Cl2N6O4/c1-19-17-24(18-20(2)32(19)39)50-16-10-13-26-25-11-8-12-27(30-21(3)41-43(6)22(30)4)33(25)45-23(5)36(40)46(37(47)34(26)45)29-15-9-14-28-31(29)35(38(48)49)44(7)42-28/h8-9,11-12,14-15,17-18,23,36H,10,13,16H2,1-7H3,(H,48,49)/t23-,36?/m1/s1. The third-order valence-electron chi connectivity index (χ3n) is 9.93. The Hall–Kier alpha value is -4.80. The summed E-state index contributed by atoms with van der Waals surface area (Å²) in [5, 5.41) is 21.3. The fourth-order valence-corrected chi connectivity index (χ4v) is 8.01. The number of carbonyl (C=O) groups excluding carboxylic acids is 1. The van der Waals surface area contributed by atoms with Crippen molar-refractivity contribution in [2.24, 2.45) is 14.1 Å². The lowest BCUT2D eigenvalue weighted by atomic mass is 9.98. The number of aryl methyl sites for hydroxylation is 6. The van der Waals surface area contributed by atoms with Gasteiger partial charge in [0.25, 0.3) is 5.91 Å². The normalized spacial score (nSPS) is 16.1. The van der Waals surface area contributed by atoms with Gasteiger partial charge in [0.2, 0.25) is 0 Å². The number of nitrogens with zero attached hydrogens (tertiary/aromatic N) is 6. The lowest BCUT2D eigenvalue weighted by Crippen LogP contribution is -2.48. The number of rotatable bonds is 8. The van der Waals surface area contributed by atoms with Crippen LogP contribution in [-0.2, 0) is 20.5 Å². The number of alkyl halides is 1. The number of carboxylic acids is 1. The van der Waals surface area contributed by atoms with E-state index in [1.54, 1.807) is 25.2 Å². The van der Waals surface area contributed by atoms with Crippen molar-refractivity contribution in [3.8, 4) is 16.9 Å². The van der Waals surface area contributed by atoms with E-state index < -0.39 is 17.5 Å². The van der Waals surface area contributed by atoms with Gasteiger partial charge in [-0.05, 0) is 88.4 Å². The average molecular weight is 714 g/mol. The van der Waals surface area contributed by atoms with Gasteiger partial charge in [0.1, 0.15) is 16.9 Å². The summed E-state index contributed by atoms with van der Waals surface area (Å²) in [6.07, 6.45) is 1.19. The quantitative estimate of drug-likeness (QED) is 0.0966. The fraction of sp³-hybridized carbons (Fsp3) is 0.316. The number of aromatic carboxylic acids is 1. The lowest BCUT2D eigenvalue weighted by molar-refractivity contribution is 0.0686. The van der Waals surface area contributed by atoms with Crippen LogP contribution >= 0.6 is 23.2 Å². The number of carboxylic acid groups (broad SMARTS) is 1. The van der Waals surface area contributed by atoms with Crippen molar-refractivity contribution >= 4 is 62.6 Å². The number of aromatic nitrogens is 5. The number of hydrogen-bond acceptors (Lipinski definition) is 5. The minimum atomic E-state index is -1.14. The van der Waals surface area contributed by atoms with Crippen molar-refractivity contribution in [3.63, 3.8) is 0 Å². The molecule has 2 atom stereocenters. The van der Waals surface area contributed by atoms with E-state index in [4.69, 9.17) is 33.0 Å². The minimum absolute atomic E-state index is 0.0131. The molecule has 7 rings (SSSR count). The van der Waals surface area contributed by atoms with Crippen LogP contribution in [0.2, 0.25) is 5.02 Å². The summed E-state index contributed by atoms with van der Waals surface area (Å²) in [6, 6.07) is 14.9. The molecule has 1 unspecified atom stereocenters. The molecule has 3 aromatic heterocycles. The van der Waals surface area contributed by atoms with Crippen molar-refractivity contribution < 1.29 is 19.4 Å². The van der Waals surface area contributed by atoms with Crippen molar-refractivity contribution in [2.75, 3.05) is 11.5 Å². The molecular formula is C38H38Cl2N6O4. The second-order valence-electron chi connectivity index (χ2n) is 13.1. The van der Waals surface area contributed by atoms with Crippen LogP contribution in [0.3, 0.4) is 0 Å². The first kappa shape index (κ1) is 33.7. The van der Waals surface area contributed by atoms with E-state index in [2.05, 4.69) is 21.8 Å². The zero-order valence-electron chi connectivity index (χ0n) is 29.0. The molecule has 1 aliphatic heterocycles. The third kappa shape index (κ3) is 5.15. The molecule has 0 saturated heterocycles. The van der Waals surface area contributed by atoms with E-state index in [9.17, 15) is 9.90 Å². The molecule has 1 N–H and O–H groups in total. The van der Waals surface area contributed by atoms with E-state index in [-0.39, 0.29) is 11.6 Å². The lowest BCUT2D eigenvalue weighted by Gasteiger charge is -2.39. The number of amides is 1. The van der Waals surface area contributed by atoms with E-state index >= 15 is 4.79 Å². The number of hydrogen-bond donors (Lipinski definition) is 1. The summed E-state index contributed by atoms with van der Waals surface area (Å²) in [7, 11) is 3.51. The SMILES string of the molecule is Cc1cc(OCCCc2c3n(c4c(-c5c(C)nn(C)c5C)cccc24)[C@H](C)C(Cl)N(c2cccc4nn(C)c(C(=O)O)c24)C3=O)cc(C)c1Cl. The molecule has 3 aromatic carbocycles. The second kappa shape index (κ2) is 12.5. The first-order chi connectivity index (χ1) is 23.8. The number of fused-ring (bicyclic) bond motifs is 4. The highest BCUT2D eigenvalue weighted by atomic mass is 35.5. The largest absolute Gasteiger partial charge is 0.494 e. The molecule has 6 aromatic rings. The van der Waals surface area contributed by atoms with E-state index in [0.29, 0.717) is 41.7 Å². The predicted molar refractivity (Wildman–Crippen MR) is 197 cm³/mol. The maximum Gasteiger partial charge on any atom is 0.354 e. The van der Waals surface area contributed by atoms with E-state index in [1.807, 2.05) is 64.5 Å². The van der Waals surface area contributed by atoms with E-state index in [0.717, 1.165) is 60.9 Å². The summed E-state index contributed by atoms with van der Waals surface area (Å²) in [4.78, 5) is 29.0. The van der Waals surface area contributed by atoms with Gasteiger partial charge in [-0.15, -0.1) is 0 Å². The maximum atomic E-state index is 15.0. The summed E-state index contributed by atoms with van der Waals surface area (Å²) < 4.78 is 11.5. The van der Waals surface area contributed by atoms with Gasteiger partial charge in [0.05, 0.1) is 40.4 Å². The van der Waals surface area contributed by atoms with Gasteiger partial charge in [-0.1, -0.05) is 47.5 Å². The Labute approximate surface area is 299 Å². The predicted octanol–water partition coefficient (Wildman–Crippen LogP) is 8.31. The molecule has 0 radical (unpaired) electrons. The Bertz CT molecular complexity index is 2350. The number of para-hydroxylation sites is 1. The summed E-state index contributed by atoms with van der Waals surface area (Å²) in [5.74, 6) is -0.700. The van der Waals surface area contributed by atoms with Crippen LogP contribution in [0, 0.1) is 27.7 Å². The smallest absolute Gasteiger partial charge is 0.354 e. The number of anilines is 1. The summed E-state index contributed by atoms with van der Waals surface area (Å²) in [6.45, 7) is 10.4. The Morgan fingerprint density at radius 1 is 1.00 bits per heavy atom. The topological polar surface area (TPSA) is 107 Å². The molecule has 0 aliphatic carbocycles. The molecule has 12 heteroatoms. The van der Waals surface area contributed by atoms with Gasteiger partial charge in [-0.25, -0.2) is 4.79 Å². The van der Waals surface area contributed by atoms with Crippen molar-refractivity contribution in [1.29, 1.82) is 0 Å². The molecule has 0 fully saturated rings. The van der Waals surface area contributed by atoms with Gasteiger partial charge in [0, 0.05) is 41.3 Å². The van der Waals surface area contributed by atoms with Crippen LogP contribution in [-0.4, -0.2) is 53.2 Å². The number of benzene rings is 3. The molecule has 50 heavy (non-hydrogen) atoms. The average Bonchev–Trinajstić information content (AvgIpc) is 3.68. The van der Waals surface area contributed by atoms with Gasteiger partial charge in [-0.2, -0.15) is 10.2 Å². The molecule has 10 nitrogen and oxygen atoms in total. The molecule has 4 heterocycles. The Balaban J connectivity index is 1.39. The highest BCUT2D eigenvalue weighted by Gasteiger charge is 2.42. The van der Waals surface area contributed by atoms with Crippen LogP contribution in [0.25, 0.3) is 32.9 Å². The zero-order valence-corrected chi connectivity index (χ0v) is 30.5. The van der Waals surface area contributed by atoms with Crippen LogP contribution in [0.15, 0.2) is 48.5 Å². The molecule has 0 spiro atoms. The molecule has 0 bridgehead atoms. The van der Waals surface area contributed by atoms with Crippen LogP contribution in [0.4, 0.5) is 5.69 Å². The minimum Gasteiger partial charge on any atom is -0.494 e. The number of halogens is 2. The summed E-state index contributed by atoms with van der Waals surface area (Å²) >= 11 is 13.7. The zero-order chi connectivity index (χ0) is 35.8. The number of ether oxygens (including phenoxy) is 1. The van der Waals surface area contributed by atoms with Crippen molar-refractivity contribution in [1.82, 2.24) is 24.1 Å². The molecule has 1 amide bonds. The van der Waals surface area contributed by atoms with Gasteiger partial charge in [0.15, 0.2) is 5.69 Å². The highest BCUT2D eigenvalue weighted by Crippen LogP contribution is 2.46. The highest BCUT2D eigenvalue weighted by molar-refractivity contribution is 6.32. The molecule has 0 saturated carbocycles. The van der Waals surface area contributed by atoms with Gasteiger partial charge >= 0.3 is 5.97 Å². The van der Waals surface area contributed by atoms with Gasteiger partial charge < -0.3 is 14.4 Å².